The lowest BCUT2D eigenvalue weighted by molar-refractivity contribution is -0.146. The van der Waals surface area contributed by atoms with Gasteiger partial charge in [0.25, 0.3) is 0 Å². The molecule has 1 unspecified atom stereocenters. The van der Waals surface area contributed by atoms with Crippen LogP contribution in [0, 0.1) is 11.8 Å². The Morgan fingerprint density at radius 3 is 2.60 bits per heavy atom. The summed E-state index contributed by atoms with van der Waals surface area (Å²) in [5.41, 5.74) is 0. The molecule has 3 rings (SSSR count). The number of carboxylic acids is 1. The van der Waals surface area contributed by atoms with Crippen LogP contribution in [-0.4, -0.2) is 53.5 Å². The molecule has 6 nitrogen and oxygen atoms in total. The Morgan fingerprint density at radius 2 is 1.96 bits per heavy atom. The molecule has 25 heavy (non-hydrogen) atoms. The molecule has 2 fully saturated rings. The van der Waals surface area contributed by atoms with Crippen molar-refractivity contribution in [3.05, 3.63) is 22.4 Å². The summed E-state index contributed by atoms with van der Waals surface area (Å²) in [5.74, 6) is -0.989. The first-order valence-electron chi connectivity index (χ1n) is 8.75. The first kappa shape index (κ1) is 18.1. The number of carbonyl (C=O) groups is 3. The summed E-state index contributed by atoms with van der Waals surface area (Å²) in [6, 6.07) is 3.61. The monoisotopic (exact) mass is 365 g/mol. The molecule has 2 aliphatic heterocycles. The lowest BCUT2D eigenvalue weighted by Crippen LogP contribution is -2.43. The van der Waals surface area contributed by atoms with Crippen LogP contribution >= 0.6 is 11.3 Å². The topological polar surface area (TPSA) is 83.9 Å². The van der Waals surface area contributed by atoms with Gasteiger partial charge in [-0.2, -0.15) is 0 Å². The normalized spacial score (nSPS) is 24.4. The molecule has 1 aromatic rings. The first-order valence-corrected chi connectivity index (χ1v) is 9.63. The summed E-state index contributed by atoms with van der Waals surface area (Å²) in [4.78, 5) is 38.1. The molecule has 7 heteroatoms. The van der Waals surface area contributed by atoms with Crippen LogP contribution < -0.4 is 0 Å². The number of ketones is 1. The Balaban J connectivity index is 1.45. The number of ether oxygens (including phenoxy) is 1. The van der Waals surface area contributed by atoms with Crippen LogP contribution in [0.3, 0.4) is 0 Å². The van der Waals surface area contributed by atoms with Crippen LogP contribution in [0.1, 0.15) is 41.8 Å². The van der Waals surface area contributed by atoms with E-state index >= 15 is 0 Å². The Bertz CT molecular complexity index is 621. The van der Waals surface area contributed by atoms with Crippen molar-refractivity contribution >= 4 is 29.0 Å². The van der Waals surface area contributed by atoms with Crippen molar-refractivity contribution in [2.24, 2.45) is 11.8 Å². The number of rotatable bonds is 6. The number of amides is 1. The van der Waals surface area contributed by atoms with Gasteiger partial charge in [0, 0.05) is 32.5 Å². The number of nitrogens with zero attached hydrogens (tertiary/aromatic N) is 1. The minimum absolute atomic E-state index is 0.00508. The van der Waals surface area contributed by atoms with Crippen LogP contribution in [0.25, 0.3) is 0 Å². The summed E-state index contributed by atoms with van der Waals surface area (Å²) in [6.07, 6.45) is 2.35. The Kier molecular flexibility index (Phi) is 5.86. The average Bonchev–Trinajstić information content (AvgIpc) is 3.30. The molecular weight excluding hydrogens is 342 g/mol. The molecule has 2 aliphatic rings. The van der Waals surface area contributed by atoms with E-state index in [1.165, 1.54) is 11.3 Å². The molecule has 0 aromatic carbocycles. The maximum absolute atomic E-state index is 12.3. The zero-order valence-corrected chi connectivity index (χ0v) is 14.9. The van der Waals surface area contributed by atoms with E-state index in [1.807, 2.05) is 11.4 Å². The Hall–Kier alpha value is -1.73. The highest BCUT2D eigenvalue weighted by atomic mass is 32.1. The summed E-state index contributed by atoms with van der Waals surface area (Å²) < 4.78 is 5.65. The molecule has 3 heterocycles. The minimum Gasteiger partial charge on any atom is -0.481 e. The van der Waals surface area contributed by atoms with Crippen molar-refractivity contribution in [2.75, 3.05) is 19.7 Å². The Labute approximate surface area is 150 Å². The van der Waals surface area contributed by atoms with Crippen molar-refractivity contribution in [1.29, 1.82) is 0 Å². The van der Waals surface area contributed by atoms with Crippen LogP contribution in [0.5, 0.6) is 0 Å². The van der Waals surface area contributed by atoms with Gasteiger partial charge in [-0.1, -0.05) is 6.07 Å². The lowest BCUT2D eigenvalue weighted by atomic mass is 9.84. The van der Waals surface area contributed by atoms with Gasteiger partial charge in [0.15, 0.2) is 5.78 Å². The molecule has 2 atom stereocenters. The summed E-state index contributed by atoms with van der Waals surface area (Å²) >= 11 is 1.40. The van der Waals surface area contributed by atoms with Crippen molar-refractivity contribution in [1.82, 2.24) is 4.90 Å². The van der Waals surface area contributed by atoms with Crippen LogP contribution in [0.2, 0.25) is 0 Å². The van der Waals surface area contributed by atoms with E-state index in [0.717, 1.165) is 12.8 Å². The lowest BCUT2D eigenvalue weighted by Gasteiger charge is -2.35. The maximum Gasteiger partial charge on any atom is 0.309 e. The van der Waals surface area contributed by atoms with E-state index in [9.17, 15) is 19.5 Å². The standard InChI is InChI=1S/C18H23NO5S/c20-14(15-2-1-11-25-15)3-4-16(21)19-8-5-12(6-9-19)17-13(18(22)23)7-10-24-17/h1-2,11-13,17H,3-10H2,(H,22,23)/t13?,17-/m0/s1. The van der Waals surface area contributed by atoms with Gasteiger partial charge >= 0.3 is 5.97 Å². The number of piperidine rings is 1. The maximum atomic E-state index is 12.3. The fourth-order valence-corrected chi connectivity index (χ4v) is 4.45. The molecular formula is C18H23NO5S. The number of carboxylic acid groups (broad SMARTS) is 1. The summed E-state index contributed by atoms with van der Waals surface area (Å²) in [7, 11) is 0. The number of aliphatic carboxylic acids is 1. The minimum atomic E-state index is -0.784. The number of hydrogen-bond donors (Lipinski definition) is 1. The first-order chi connectivity index (χ1) is 12.1. The van der Waals surface area contributed by atoms with E-state index in [2.05, 4.69) is 0 Å². The zero-order valence-electron chi connectivity index (χ0n) is 14.1. The molecule has 0 aliphatic carbocycles. The molecule has 0 spiro atoms. The summed E-state index contributed by atoms with van der Waals surface area (Å²) in [6.45, 7) is 1.73. The second-order valence-electron chi connectivity index (χ2n) is 6.69. The van der Waals surface area contributed by atoms with E-state index in [0.29, 0.717) is 31.0 Å². The average molecular weight is 365 g/mol. The number of carbonyl (C=O) groups excluding carboxylic acids is 2. The van der Waals surface area contributed by atoms with Crippen LogP contribution in [-0.2, 0) is 14.3 Å². The van der Waals surface area contributed by atoms with E-state index in [-0.39, 0.29) is 36.6 Å². The van der Waals surface area contributed by atoms with Gasteiger partial charge in [-0.05, 0) is 36.6 Å². The fourth-order valence-electron chi connectivity index (χ4n) is 3.76. The smallest absolute Gasteiger partial charge is 0.309 e. The number of hydrogen-bond acceptors (Lipinski definition) is 5. The van der Waals surface area contributed by atoms with Gasteiger partial charge in [-0.15, -0.1) is 11.3 Å². The van der Waals surface area contributed by atoms with E-state index in [1.54, 1.807) is 11.0 Å². The second-order valence-corrected chi connectivity index (χ2v) is 7.64. The van der Waals surface area contributed by atoms with Crippen molar-refractivity contribution < 1.29 is 24.2 Å². The third-order valence-corrected chi connectivity index (χ3v) is 6.08. The van der Waals surface area contributed by atoms with Crippen molar-refractivity contribution in [3.63, 3.8) is 0 Å². The highest BCUT2D eigenvalue weighted by Crippen LogP contribution is 2.33. The second kappa shape index (κ2) is 8.10. The molecule has 0 radical (unpaired) electrons. The number of thiophene rings is 1. The molecule has 1 N–H and O–H groups in total. The Morgan fingerprint density at radius 1 is 1.20 bits per heavy atom. The quantitative estimate of drug-likeness (QED) is 0.783. The van der Waals surface area contributed by atoms with Crippen LogP contribution in [0.15, 0.2) is 17.5 Å². The molecule has 0 bridgehead atoms. The molecule has 1 aromatic heterocycles. The van der Waals surface area contributed by atoms with Gasteiger partial charge in [0.05, 0.1) is 16.9 Å². The zero-order chi connectivity index (χ0) is 17.8. The van der Waals surface area contributed by atoms with Crippen molar-refractivity contribution in [2.45, 2.75) is 38.2 Å². The largest absolute Gasteiger partial charge is 0.481 e. The highest BCUT2D eigenvalue weighted by molar-refractivity contribution is 7.12. The van der Waals surface area contributed by atoms with Gasteiger partial charge < -0.3 is 14.7 Å². The van der Waals surface area contributed by atoms with E-state index < -0.39 is 11.9 Å². The van der Waals surface area contributed by atoms with Gasteiger partial charge in [0.2, 0.25) is 5.91 Å². The number of Topliss-reactive ketones (excluding diaryl/α,β-unsaturated/α-hetero) is 1. The highest BCUT2D eigenvalue weighted by Gasteiger charge is 2.40. The van der Waals surface area contributed by atoms with Crippen molar-refractivity contribution in [3.8, 4) is 0 Å². The molecule has 0 saturated carbocycles. The molecule has 136 valence electrons. The third-order valence-electron chi connectivity index (χ3n) is 5.17. The summed E-state index contributed by atoms with van der Waals surface area (Å²) in [5, 5.41) is 11.1. The molecule has 2 saturated heterocycles. The predicted octanol–water partition coefficient (Wildman–Crippen LogP) is 2.44. The SMILES string of the molecule is O=C(CCC(=O)N1CCC([C@@H]2OCCC2C(=O)O)CC1)c1cccs1. The number of likely N-dealkylation sites (tertiary alicyclic amines) is 1. The molecule has 1 amide bonds. The van der Waals surface area contributed by atoms with E-state index in [4.69, 9.17) is 4.74 Å². The predicted molar refractivity (Wildman–Crippen MR) is 92.7 cm³/mol. The van der Waals surface area contributed by atoms with Crippen LogP contribution in [0.4, 0.5) is 0 Å². The van der Waals surface area contributed by atoms with Gasteiger partial charge in [-0.3, -0.25) is 14.4 Å². The van der Waals surface area contributed by atoms with Gasteiger partial charge in [0.1, 0.15) is 0 Å². The fraction of sp³-hybridized carbons (Fsp3) is 0.611. The third kappa shape index (κ3) is 4.27. The van der Waals surface area contributed by atoms with Gasteiger partial charge in [-0.25, -0.2) is 0 Å².